The van der Waals surface area contributed by atoms with Crippen molar-refractivity contribution in [2.75, 3.05) is 13.7 Å². The van der Waals surface area contributed by atoms with Gasteiger partial charge >= 0.3 is 0 Å². The summed E-state index contributed by atoms with van der Waals surface area (Å²) in [6.07, 6.45) is 3.91. The maximum absolute atomic E-state index is 12.2. The summed E-state index contributed by atoms with van der Waals surface area (Å²) in [5, 5.41) is 4.45. The van der Waals surface area contributed by atoms with Gasteiger partial charge in [-0.3, -0.25) is 4.79 Å². The number of nitrogens with zero attached hydrogens (tertiary/aromatic N) is 2. The van der Waals surface area contributed by atoms with Gasteiger partial charge in [0.1, 0.15) is 5.60 Å². The molecule has 3 heterocycles. The van der Waals surface area contributed by atoms with Crippen molar-refractivity contribution in [1.82, 2.24) is 20.3 Å². The molecule has 27 heavy (non-hydrogen) atoms. The largest absolute Gasteiger partial charge is 0.480 e. The molecule has 2 N–H and O–H groups in total. The van der Waals surface area contributed by atoms with E-state index in [1.165, 1.54) is 0 Å². The van der Waals surface area contributed by atoms with Crippen molar-refractivity contribution in [1.29, 1.82) is 0 Å². The highest BCUT2D eigenvalue weighted by molar-refractivity contribution is 6.34. The van der Waals surface area contributed by atoms with Gasteiger partial charge in [-0.2, -0.15) is 0 Å². The van der Waals surface area contributed by atoms with Crippen LogP contribution in [0, 0.1) is 0 Å². The van der Waals surface area contributed by atoms with Crippen molar-refractivity contribution in [2.24, 2.45) is 0 Å². The second-order valence-electron chi connectivity index (χ2n) is 6.67. The highest BCUT2D eigenvalue weighted by atomic mass is 35.5. The number of benzene rings is 1. The lowest BCUT2D eigenvalue weighted by atomic mass is 9.96. The van der Waals surface area contributed by atoms with E-state index >= 15 is 0 Å². The molecule has 4 rings (SSSR count). The summed E-state index contributed by atoms with van der Waals surface area (Å²) in [7, 11) is 1.54. The van der Waals surface area contributed by atoms with Gasteiger partial charge in [0.2, 0.25) is 5.88 Å². The van der Waals surface area contributed by atoms with Crippen LogP contribution in [0.5, 0.6) is 5.88 Å². The minimum Gasteiger partial charge on any atom is -0.480 e. The monoisotopic (exact) mass is 386 g/mol. The maximum atomic E-state index is 12.2. The Labute approximate surface area is 161 Å². The number of aromatic amines is 1. The number of carbonyl (C=O) groups is 1. The van der Waals surface area contributed by atoms with Gasteiger partial charge < -0.3 is 19.8 Å². The summed E-state index contributed by atoms with van der Waals surface area (Å²) in [6, 6.07) is 5.76. The van der Waals surface area contributed by atoms with Crippen LogP contribution in [-0.4, -0.2) is 40.2 Å². The minimum absolute atomic E-state index is 0.0976. The topological polar surface area (TPSA) is 89.1 Å². The predicted molar refractivity (Wildman–Crippen MR) is 102 cm³/mol. The summed E-state index contributed by atoms with van der Waals surface area (Å²) >= 11 is 6.44. The molecule has 1 atom stereocenters. The van der Waals surface area contributed by atoms with Crippen LogP contribution in [0.25, 0.3) is 22.2 Å². The molecule has 1 aromatic carbocycles. The van der Waals surface area contributed by atoms with Crippen molar-refractivity contribution >= 4 is 28.4 Å². The van der Waals surface area contributed by atoms with Crippen molar-refractivity contribution in [3.8, 4) is 17.1 Å². The van der Waals surface area contributed by atoms with Crippen LogP contribution in [0.4, 0.5) is 0 Å². The van der Waals surface area contributed by atoms with Crippen molar-refractivity contribution < 1.29 is 14.3 Å². The maximum Gasteiger partial charge on any atom is 0.252 e. The molecule has 0 spiro atoms. The van der Waals surface area contributed by atoms with Crippen molar-refractivity contribution in [2.45, 2.75) is 25.5 Å². The fraction of sp³-hybridized carbons (Fsp3) is 0.316. The lowest BCUT2D eigenvalue weighted by Crippen LogP contribution is -2.53. The number of methoxy groups -OCH3 is 1. The quantitative estimate of drug-likeness (QED) is 0.703. The first kappa shape index (κ1) is 17.8. The number of amides is 1. The van der Waals surface area contributed by atoms with Crippen molar-refractivity contribution in [3.63, 3.8) is 0 Å². The Bertz CT molecular complexity index is 996. The zero-order chi connectivity index (χ0) is 19.0. The second-order valence-corrected chi connectivity index (χ2v) is 7.08. The summed E-state index contributed by atoms with van der Waals surface area (Å²) in [5.74, 6) is 0.345. The van der Waals surface area contributed by atoms with E-state index < -0.39 is 5.60 Å². The third-order valence-electron chi connectivity index (χ3n) is 4.80. The zero-order valence-electron chi connectivity index (χ0n) is 15.0. The van der Waals surface area contributed by atoms with E-state index in [0.29, 0.717) is 29.7 Å². The Balaban J connectivity index is 1.56. The van der Waals surface area contributed by atoms with E-state index in [0.717, 1.165) is 28.6 Å². The molecule has 1 amide bonds. The Kier molecular flexibility index (Phi) is 4.49. The summed E-state index contributed by atoms with van der Waals surface area (Å²) in [4.78, 5) is 24.0. The van der Waals surface area contributed by atoms with Gasteiger partial charge in [-0.1, -0.05) is 11.6 Å². The van der Waals surface area contributed by atoms with Gasteiger partial charge in [-0.25, -0.2) is 9.97 Å². The van der Waals surface area contributed by atoms with Gasteiger partial charge in [0, 0.05) is 28.6 Å². The Morgan fingerprint density at radius 2 is 2.19 bits per heavy atom. The summed E-state index contributed by atoms with van der Waals surface area (Å²) < 4.78 is 10.4. The standard InChI is InChI=1S/C19H19ClN4O3/c1-19(3-4-27-19)18(25)23-8-12-5-11-6-14(20)13(7-15(11)24-12)16-9-22-17(26-2)10-21-16/h5-7,9-10,24H,3-4,8H2,1-2H3,(H,23,25)/t19-/m1/s1. The third-order valence-corrected chi connectivity index (χ3v) is 5.11. The highest BCUT2D eigenvalue weighted by Crippen LogP contribution is 2.31. The SMILES string of the molecule is COc1cnc(-c2cc3[nH]c(CNC(=O)[C@@]4(C)CCO4)cc3cc2Cl)cn1. The van der Waals surface area contributed by atoms with Crippen LogP contribution in [0.2, 0.25) is 5.02 Å². The minimum atomic E-state index is -0.699. The molecular formula is C19H19ClN4O3. The molecule has 1 aliphatic rings. The van der Waals surface area contributed by atoms with Gasteiger partial charge in [0.15, 0.2) is 0 Å². The number of hydrogen-bond acceptors (Lipinski definition) is 5. The Morgan fingerprint density at radius 1 is 1.37 bits per heavy atom. The molecule has 2 aromatic heterocycles. The fourth-order valence-electron chi connectivity index (χ4n) is 3.02. The molecule has 0 bridgehead atoms. The van der Waals surface area contributed by atoms with Crippen LogP contribution in [0.3, 0.4) is 0 Å². The van der Waals surface area contributed by atoms with E-state index in [2.05, 4.69) is 20.3 Å². The average molecular weight is 387 g/mol. The lowest BCUT2D eigenvalue weighted by molar-refractivity contribution is -0.171. The normalized spacial score (nSPS) is 18.9. The first-order chi connectivity index (χ1) is 13.0. The molecule has 1 fully saturated rings. The number of rotatable bonds is 5. The summed E-state index contributed by atoms with van der Waals surface area (Å²) in [6.45, 7) is 2.83. The number of nitrogens with one attached hydrogen (secondary N) is 2. The molecule has 0 aliphatic carbocycles. The zero-order valence-corrected chi connectivity index (χ0v) is 15.8. The lowest BCUT2D eigenvalue weighted by Gasteiger charge is -2.36. The van der Waals surface area contributed by atoms with Crippen LogP contribution in [0.15, 0.2) is 30.6 Å². The highest BCUT2D eigenvalue weighted by Gasteiger charge is 2.40. The molecule has 3 aromatic rings. The smallest absolute Gasteiger partial charge is 0.252 e. The number of ether oxygens (including phenoxy) is 2. The Hall–Kier alpha value is -2.64. The number of carbonyl (C=O) groups excluding carboxylic acids is 1. The van der Waals surface area contributed by atoms with E-state index in [1.54, 1.807) is 26.4 Å². The molecule has 1 saturated heterocycles. The number of hydrogen-bond donors (Lipinski definition) is 2. The first-order valence-electron chi connectivity index (χ1n) is 8.58. The van der Waals surface area contributed by atoms with E-state index in [1.807, 2.05) is 18.2 Å². The predicted octanol–water partition coefficient (Wildman–Crippen LogP) is 3.08. The molecule has 140 valence electrons. The van der Waals surface area contributed by atoms with Gasteiger partial charge in [0.25, 0.3) is 5.91 Å². The molecule has 1 aliphatic heterocycles. The number of fused-ring (bicyclic) bond motifs is 1. The van der Waals surface area contributed by atoms with Gasteiger partial charge in [-0.05, 0) is 25.1 Å². The number of halogens is 1. The van der Waals surface area contributed by atoms with E-state index in [9.17, 15) is 4.79 Å². The molecular weight excluding hydrogens is 368 g/mol. The number of H-pyrrole nitrogens is 1. The van der Waals surface area contributed by atoms with Gasteiger partial charge in [-0.15, -0.1) is 0 Å². The van der Waals surface area contributed by atoms with Crippen LogP contribution in [-0.2, 0) is 16.1 Å². The van der Waals surface area contributed by atoms with Crippen molar-refractivity contribution in [3.05, 3.63) is 41.3 Å². The number of aromatic nitrogens is 3. The molecule has 0 radical (unpaired) electrons. The molecule has 8 heteroatoms. The van der Waals surface area contributed by atoms with Crippen LogP contribution >= 0.6 is 11.6 Å². The Morgan fingerprint density at radius 3 is 2.81 bits per heavy atom. The molecule has 7 nitrogen and oxygen atoms in total. The van der Waals surface area contributed by atoms with Crippen LogP contribution in [0.1, 0.15) is 19.0 Å². The molecule has 0 saturated carbocycles. The van der Waals surface area contributed by atoms with E-state index in [-0.39, 0.29) is 5.91 Å². The fourth-order valence-corrected chi connectivity index (χ4v) is 3.28. The third kappa shape index (κ3) is 3.36. The van der Waals surface area contributed by atoms with Gasteiger partial charge in [0.05, 0.1) is 43.4 Å². The summed E-state index contributed by atoms with van der Waals surface area (Å²) in [5.41, 5.74) is 2.52. The second kappa shape index (κ2) is 6.83. The molecule has 0 unspecified atom stereocenters. The average Bonchev–Trinajstić information content (AvgIpc) is 3.05. The van der Waals surface area contributed by atoms with Crippen LogP contribution < -0.4 is 10.1 Å². The first-order valence-corrected chi connectivity index (χ1v) is 8.96. The van der Waals surface area contributed by atoms with E-state index in [4.69, 9.17) is 21.1 Å².